The molecule has 96 valence electrons. The average molecular weight is 259 g/mol. The highest BCUT2D eigenvalue weighted by molar-refractivity contribution is 7.84. The summed E-state index contributed by atoms with van der Waals surface area (Å²) in [6.45, 7) is 0.945. The molecule has 0 bridgehead atoms. The highest BCUT2D eigenvalue weighted by Gasteiger charge is 2.07. The van der Waals surface area contributed by atoms with Crippen LogP contribution in [0.2, 0.25) is 0 Å². The zero-order valence-corrected chi connectivity index (χ0v) is 10.8. The minimum absolute atomic E-state index is 0.239. The second-order valence-electron chi connectivity index (χ2n) is 3.76. The predicted octanol–water partition coefficient (Wildman–Crippen LogP) is 1.57. The summed E-state index contributed by atoms with van der Waals surface area (Å²) >= 11 is 0. The second-order valence-corrected chi connectivity index (χ2v) is 5.34. The first-order valence-corrected chi connectivity index (χ1v) is 6.97. The van der Waals surface area contributed by atoms with Crippen molar-refractivity contribution in [2.75, 3.05) is 19.5 Å². The Kier molecular flexibility index (Phi) is 6.32. The summed E-state index contributed by atoms with van der Waals surface area (Å²) in [4.78, 5) is 0. The number of hydrogen-bond acceptors (Lipinski definition) is 3. The van der Waals surface area contributed by atoms with Gasteiger partial charge in [0, 0.05) is 42.4 Å². The molecule has 1 aromatic rings. The fourth-order valence-corrected chi connectivity index (χ4v) is 2.63. The molecule has 0 aliphatic carbocycles. The molecule has 2 N–H and O–H groups in total. The third-order valence-electron chi connectivity index (χ3n) is 2.38. The summed E-state index contributed by atoms with van der Waals surface area (Å²) in [6.07, 6.45) is 0.724. The van der Waals surface area contributed by atoms with E-state index in [1.54, 1.807) is 19.2 Å². The van der Waals surface area contributed by atoms with E-state index >= 15 is 0 Å². The molecule has 5 heteroatoms. The van der Waals surface area contributed by atoms with Gasteiger partial charge in [-0.05, 0) is 18.1 Å². The molecule has 0 spiro atoms. The molecule has 1 atom stereocenters. The van der Waals surface area contributed by atoms with Crippen LogP contribution in [0.3, 0.4) is 0 Å². The lowest BCUT2D eigenvalue weighted by Gasteiger charge is -2.06. The number of rotatable bonds is 7. The Hall–Kier alpha value is -0.780. The minimum Gasteiger partial charge on any atom is -0.385 e. The van der Waals surface area contributed by atoms with E-state index < -0.39 is 10.8 Å². The highest BCUT2D eigenvalue weighted by atomic mass is 32.2. The quantitative estimate of drug-likeness (QED) is 0.756. The normalized spacial score (nSPS) is 12.6. The van der Waals surface area contributed by atoms with Crippen LogP contribution in [0.25, 0.3) is 0 Å². The molecule has 0 amide bonds. The van der Waals surface area contributed by atoms with Crippen molar-refractivity contribution >= 4 is 10.8 Å². The summed E-state index contributed by atoms with van der Waals surface area (Å²) in [6, 6.07) is 4.71. The zero-order valence-electron chi connectivity index (χ0n) is 9.95. The Morgan fingerprint density at radius 1 is 1.47 bits per heavy atom. The summed E-state index contributed by atoms with van der Waals surface area (Å²) in [7, 11) is 0.551. The van der Waals surface area contributed by atoms with Crippen molar-refractivity contribution in [3.63, 3.8) is 0 Å². The first-order chi connectivity index (χ1) is 8.17. The van der Waals surface area contributed by atoms with Gasteiger partial charge in [-0.25, -0.2) is 4.39 Å². The van der Waals surface area contributed by atoms with Crippen molar-refractivity contribution in [3.05, 3.63) is 35.1 Å². The van der Waals surface area contributed by atoms with Crippen LogP contribution in [-0.4, -0.2) is 23.7 Å². The van der Waals surface area contributed by atoms with Crippen molar-refractivity contribution in [2.45, 2.75) is 18.7 Å². The fraction of sp³-hybridized carbons (Fsp3) is 0.500. The molecule has 17 heavy (non-hydrogen) atoms. The Morgan fingerprint density at radius 3 is 2.88 bits per heavy atom. The molecule has 0 aliphatic rings. The number of ether oxygens (including phenoxy) is 1. The Labute approximate surface area is 104 Å². The lowest BCUT2D eigenvalue weighted by Crippen LogP contribution is -2.06. The van der Waals surface area contributed by atoms with E-state index in [1.165, 1.54) is 6.07 Å². The zero-order chi connectivity index (χ0) is 12.7. The summed E-state index contributed by atoms with van der Waals surface area (Å²) < 4.78 is 30.0. The van der Waals surface area contributed by atoms with Crippen molar-refractivity contribution in [3.8, 4) is 0 Å². The van der Waals surface area contributed by atoms with E-state index in [1.807, 2.05) is 0 Å². The van der Waals surface area contributed by atoms with Crippen LogP contribution >= 0.6 is 0 Å². The molecule has 1 aromatic carbocycles. The minimum atomic E-state index is -1.05. The highest BCUT2D eigenvalue weighted by Crippen LogP contribution is 2.13. The summed E-state index contributed by atoms with van der Waals surface area (Å²) in [5.74, 6) is 0.450. The maximum absolute atomic E-state index is 13.5. The standard InChI is InChI=1S/C12H18FNO2S/c1-16-5-2-6-17(15)9-11-7-10(8-14)3-4-12(11)13/h3-4,7H,2,5-6,8-9,14H2,1H3. The lowest BCUT2D eigenvalue weighted by molar-refractivity contribution is 0.200. The Morgan fingerprint density at radius 2 is 2.24 bits per heavy atom. The number of halogens is 1. The maximum atomic E-state index is 13.5. The van der Waals surface area contributed by atoms with E-state index in [0.717, 1.165) is 12.0 Å². The monoisotopic (exact) mass is 259 g/mol. The first kappa shape index (κ1) is 14.3. The number of benzene rings is 1. The van der Waals surface area contributed by atoms with E-state index in [0.29, 0.717) is 24.5 Å². The van der Waals surface area contributed by atoms with Gasteiger partial charge >= 0.3 is 0 Å². The van der Waals surface area contributed by atoms with E-state index in [2.05, 4.69) is 0 Å². The molecule has 0 fully saturated rings. The van der Waals surface area contributed by atoms with Gasteiger partial charge in [0.2, 0.25) is 0 Å². The number of nitrogens with two attached hydrogens (primary N) is 1. The van der Waals surface area contributed by atoms with Gasteiger partial charge in [0.25, 0.3) is 0 Å². The van der Waals surface area contributed by atoms with Crippen molar-refractivity contribution in [1.29, 1.82) is 0 Å². The SMILES string of the molecule is COCCCS(=O)Cc1cc(CN)ccc1F. The van der Waals surface area contributed by atoms with Crippen LogP contribution in [0, 0.1) is 5.82 Å². The summed E-state index contributed by atoms with van der Waals surface area (Å²) in [5.41, 5.74) is 6.82. The fourth-order valence-electron chi connectivity index (χ4n) is 1.48. The van der Waals surface area contributed by atoms with E-state index in [4.69, 9.17) is 10.5 Å². The lowest BCUT2D eigenvalue weighted by atomic mass is 10.1. The molecule has 0 saturated heterocycles. The average Bonchev–Trinajstić information content (AvgIpc) is 2.32. The van der Waals surface area contributed by atoms with Gasteiger partial charge < -0.3 is 10.5 Å². The molecule has 1 rings (SSSR count). The smallest absolute Gasteiger partial charge is 0.127 e. The van der Waals surface area contributed by atoms with Gasteiger partial charge in [-0.3, -0.25) is 4.21 Å². The molecular weight excluding hydrogens is 241 g/mol. The van der Waals surface area contributed by atoms with E-state index in [-0.39, 0.29) is 11.6 Å². The molecular formula is C12H18FNO2S. The van der Waals surface area contributed by atoms with Crippen LogP contribution in [0.5, 0.6) is 0 Å². The van der Waals surface area contributed by atoms with Gasteiger partial charge in [0.1, 0.15) is 5.82 Å². The topological polar surface area (TPSA) is 52.3 Å². The molecule has 0 heterocycles. The molecule has 0 aliphatic heterocycles. The largest absolute Gasteiger partial charge is 0.385 e. The summed E-state index contributed by atoms with van der Waals surface area (Å²) in [5, 5.41) is 0. The van der Waals surface area contributed by atoms with Crippen LogP contribution < -0.4 is 5.73 Å². The van der Waals surface area contributed by atoms with Gasteiger partial charge in [-0.1, -0.05) is 12.1 Å². The second kappa shape index (κ2) is 7.53. The third-order valence-corrected chi connectivity index (χ3v) is 3.76. The molecule has 1 unspecified atom stereocenters. The molecule has 0 aromatic heterocycles. The molecule has 0 radical (unpaired) electrons. The third kappa shape index (κ3) is 4.93. The van der Waals surface area contributed by atoms with E-state index in [9.17, 15) is 8.60 Å². The number of methoxy groups -OCH3 is 1. The maximum Gasteiger partial charge on any atom is 0.127 e. The Bertz CT molecular complexity index is 385. The predicted molar refractivity (Wildman–Crippen MR) is 67.5 cm³/mol. The molecule has 3 nitrogen and oxygen atoms in total. The van der Waals surface area contributed by atoms with Crippen molar-refractivity contribution < 1.29 is 13.3 Å². The van der Waals surface area contributed by atoms with Gasteiger partial charge in [0.05, 0.1) is 5.75 Å². The van der Waals surface area contributed by atoms with Crippen molar-refractivity contribution in [1.82, 2.24) is 0 Å². The van der Waals surface area contributed by atoms with Gasteiger partial charge in [-0.15, -0.1) is 0 Å². The Balaban J connectivity index is 2.57. The van der Waals surface area contributed by atoms with Crippen LogP contribution in [0.15, 0.2) is 18.2 Å². The van der Waals surface area contributed by atoms with Crippen LogP contribution in [0.1, 0.15) is 17.5 Å². The molecule has 0 saturated carbocycles. The van der Waals surface area contributed by atoms with Crippen LogP contribution in [-0.2, 0) is 27.8 Å². The van der Waals surface area contributed by atoms with Crippen LogP contribution in [0.4, 0.5) is 4.39 Å². The first-order valence-electron chi connectivity index (χ1n) is 5.48. The van der Waals surface area contributed by atoms with Gasteiger partial charge in [0.15, 0.2) is 0 Å². The number of hydrogen-bond donors (Lipinski definition) is 1. The van der Waals surface area contributed by atoms with Crippen molar-refractivity contribution in [2.24, 2.45) is 5.73 Å². The van der Waals surface area contributed by atoms with Gasteiger partial charge in [-0.2, -0.15) is 0 Å².